The third kappa shape index (κ3) is 18.2. The Morgan fingerprint density at radius 2 is 1.43 bits per heavy atom. The normalized spacial score (nSPS) is 10.6. The first-order valence-corrected chi connectivity index (χ1v) is 10.1. The van der Waals surface area contributed by atoms with Gasteiger partial charge in [0.05, 0.1) is 22.3 Å². The number of benzene rings is 1. The quantitative estimate of drug-likeness (QED) is 0.0667. The van der Waals surface area contributed by atoms with Crippen molar-refractivity contribution in [2.45, 2.75) is 13.3 Å². The molecule has 0 aliphatic carbocycles. The first-order valence-electron chi connectivity index (χ1n) is 6.01. The number of carbonyl (C=O) groups is 1. The topological polar surface area (TPSA) is 242 Å². The first kappa shape index (κ1) is 35.6. The van der Waals surface area contributed by atoms with Gasteiger partial charge < -0.3 is 29.2 Å². The summed E-state index contributed by atoms with van der Waals surface area (Å²) in [7, 11) is -8.59. The smallest absolute Gasteiger partial charge is 0.761 e. The van der Waals surface area contributed by atoms with Crippen LogP contribution in [-0.4, -0.2) is 62.9 Å². The molecule has 0 heterocycles. The predicted octanol–water partition coefficient (Wildman–Crippen LogP) is -6.61. The zero-order chi connectivity index (χ0) is 21.1. The van der Waals surface area contributed by atoms with Crippen LogP contribution < -0.4 is 59.1 Å². The predicted molar refractivity (Wildman–Crippen MR) is 84.0 cm³/mol. The van der Waals surface area contributed by atoms with Crippen LogP contribution in [0.1, 0.15) is 23.7 Å². The molecule has 0 aliphatic heterocycles. The van der Waals surface area contributed by atoms with Crippen molar-refractivity contribution in [1.29, 1.82) is 0 Å². The van der Waals surface area contributed by atoms with Gasteiger partial charge in [-0.2, -0.15) is 4.21 Å². The number of hydrogen-bond acceptors (Lipinski definition) is 11. The van der Waals surface area contributed by atoms with E-state index < -0.39 is 53.8 Å². The van der Waals surface area contributed by atoms with Crippen molar-refractivity contribution in [2.75, 3.05) is 6.61 Å². The van der Waals surface area contributed by atoms with Crippen LogP contribution in [0.25, 0.3) is 0 Å². The molecule has 1 unspecified atom stereocenters. The van der Waals surface area contributed by atoms with Gasteiger partial charge in [-0.15, -0.1) is 0 Å². The van der Waals surface area contributed by atoms with Gasteiger partial charge in [-0.1, -0.05) is 6.92 Å². The molecule has 18 heteroatoms. The van der Waals surface area contributed by atoms with Gasteiger partial charge in [0.1, 0.15) is 0 Å². The van der Waals surface area contributed by atoms with Crippen molar-refractivity contribution < 1.29 is 119 Å². The van der Waals surface area contributed by atoms with Crippen molar-refractivity contribution in [1.82, 2.24) is 0 Å². The van der Waals surface area contributed by atoms with Crippen molar-refractivity contribution >= 4 is 36.6 Å². The minimum absolute atomic E-state index is 0. The van der Waals surface area contributed by atoms with Crippen LogP contribution in [0.3, 0.4) is 0 Å². The van der Waals surface area contributed by atoms with E-state index in [0.717, 1.165) is 12.1 Å². The van der Waals surface area contributed by atoms with Gasteiger partial charge in [-0.25, -0.2) is 13.2 Å². The van der Waals surface area contributed by atoms with Crippen LogP contribution in [0.15, 0.2) is 12.1 Å². The zero-order valence-corrected chi connectivity index (χ0v) is 21.2. The maximum Gasteiger partial charge on any atom is 1.00 e. The molecule has 0 aromatic heterocycles. The Morgan fingerprint density at radius 1 is 1.11 bits per heavy atom. The third-order valence-corrected chi connectivity index (χ3v) is 3.24. The molecule has 0 amide bonds. The van der Waals surface area contributed by atoms with Crippen molar-refractivity contribution in [3.63, 3.8) is 0 Å². The van der Waals surface area contributed by atoms with Crippen molar-refractivity contribution in [3.05, 3.63) is 17.7 Å². The molecule has 28 heavy (non-hydrogen) atoms. The Morgan fingerprint density at radius 3 is 1.68 bits per heavy atom. The van der Waals surface area contributed by atoms with E-state index in [1.54, 1.807) is 0 Å². The van der Waals surface area contributed by atoms with Gasteiger partial charge in [0.15, 0.2) is 26.4 Å². The molecule has 0 radical (unpaired) electrons. The molecule has 1 atom stereocenters. The Labute approximate surface area is 208 Å². The van der Waals surface area contributed by atoms with E-state index in [1.807, 2.05) is 6.92 Å². The number of phenolic OH excluding ortho intramolecular Hbond substituents is 3. The fourth-order valence-corrected chi connectivity index (χ4v) is 1.00. The van der Waals surface area contributed by atoms with Crippen LogP contribution in [0.4, 0.5) is 0 Å². The minimum atomic E-state index is -5.07. The summed E-state index contributed by atoms with van der Waals surface area (Å²) in [6.07, 6.45) is 0.682. The maximum absolute atomic E-state index is 11.3. The number of carbonyl (C=O) groups excluding carboxylic acids is 1. The van der Waals surface area contributed by atoms with E-state index in [1.165, 1.54) is 0 Å². The number of rotatable bonds is 4. The molecule has 1 rings (SSSR count). The Balaban J connectivity index is -0.000000188. The van der Waals surface area contributed by atoms with Crippen LogP contribution in [0.2, 0.25) is 0 Å². The zero-order valence-electron chi connectivity index (χ0n) is 14.8. The Bertz CT molecular complexity index is 726. The maximum atomic E-state index is 11.3. The number of aromatic hydroxyl groups is 3. The summed E-state index contributed by atoms with van der Waals surface area (Å²) >= 11 is -2.61. The molecule has 5 N–H and O–H groups in total. The second-order valence-corrected chi connectivity index (χ2v) is 7.57. The molecular formula is C10H14Na2O13S3. The van der Waals surface area contributed by atoms with Gasteiger partial charge in [-0.3, -0.25) is 13.3 Å². The van der Waals surface area contributed by atoms with E-state index in [-0.39, 0.29) is 71.3 Å². The summed E-state index contributed by atoms with van der Waals surface area (Å²) in [6, 6.07) is 2.07. The van der Waals surface area contributed by atoms with Gasteiger partial charge in [0.2, 0.25) is 0 Å². The van der Waals surface area contributed by atoms with E-state index in [2.05, 4.69) is 0 Å². The Kier molecular flexibility index (Phi) is 22.9. The summed E-state index contributed by atoms with van der Waals surface area (Å²) in [4.78, 5) is 11.3. The Hall–Kier alpha value is 0.180. The van der Waals surface area contributed by atoms with E-state index in [4.69, 9.17) is 55.1 Å². The SMILES string of the molecule is CCCOC(=O)c1cc(O)c(O)c(O)c1.O=S(O)O.O=S([O-])S(=O)(=O)[O-].[Na+].[Na+]. The standard InChI is InChI=1S/C10H12O5.2Na.H2O5S2.H2O3S/c1-2-3-15-10(14)6-4-7(11)9(13)8(12)5-6;;;1-6(2)7(3,4)5;1-4(2)3/h4-5,11-13H,2-3H2,1H3;;;(H,1,2)(H,3,4,5);(H2,1,2,3)/q;2*+1;;/p-2. The third-order valence-electron chi connectivity index (χ3n) is 1.91. The van der Waals surface area contributed by atoms with Gasteiger partial charge in [0, 0.05) is 0 Å². The average molecular weight is 484 g/mol. The molecule has 0 aliphatic rings. The molecule has 0 spiro atoms. The molecule has 1 aromatic carbocycles. The first-order chi connectivity index (χ1) is 11.7. The fourth-order valence-electron chi connectivity index (χ4n) is 1.00. The molecule has 13 nitrogen and oxygen atoms in total. The summed E-state index contributed by atoms with van der Waals surface area (Å²) in [5.74, 6) is -2.42. The fraction of sp³-hybridized carbons (Fsp3) is 0.300. The molecule has 152 valence electrons. The van der Waals surface area contributed by atoms with E-state index in [0.29, 0.717) is 6.42 Å². The molecular weight excluding hydrogens is 470 g/mol. The van der Waals surface area contributed by atoms with Crippen molar-refractivity contribution in [3.8, 4) is 17.2 Å². The van der Waals surface area contributed by atoms with Crippen molar-refractivity contribution in [2.24, 2.45) is 0 Å². The second-order valence-electron chi connectivity index (χ2n) is 3.84. The van der Waals surface area contributed by atoms with E-state index >= 15 is 0 Å². The number of phenols is 3. The minimum Gasteiger partial charge on any atom is -0.761 e. The van der Waals surface area contributed by atoms with E-state index in [9.17, 15) is 4.79 Å². The summed E-state index contributed by atoms with van der Waals surface area (Å²) in [5.41, 5.74) is -0.00347. The van der Waals surface area contributed by atoms with Gasteiger partial charge in [-0.05, 0) is 18.6 Å². The number of hydrogen-bond donors (Lipinski definition) is 5. The summed E-state index contributed by atoms with van der Waals surface area (Å²) in [5, 5.41) is 27.3. The van der Waals surface area contributed by atoms with Gasteiger partial charge in [0.25, 0.3) is 11.4 Å². The molecule has 0 saturated carbocycles. The van der Waals surface area contributed by atoms with Crippen LogP contribution in [0.5, 0.6) is 17.2 Å². The van der Waals surface area contributed by atoms with Crippen LogP contribution in [-0.2, 0) is 35.4 Å². The summed E-state index contributed by atoms with van der Waals surface area (Å²) in [6.45, 7) is 2.11. The number of ether oxygens (including phenoxy) is 1. The monoisotopic (exact) mass is 484 g/mol. The molecule has 1 aromatic rings. The summed E-state index contributed by atoms with van der Waals surface area (Å²) < 4.78 is 73.3. The molecule has 0 fully saturated rings. The molecule has 0 saturated heterocycles. The van der Waals surface area contributed by atoms with Crippen LogP contribution >= 0.6 is 0 Å². The van der Waals surface area contributed by atoms with Crippen LogP contribution in [0, 0.1) is 0 Å². The largest absolute Gasteiger partial charge is 1.00 e. The number of esters is 1. The average Bonchev–Trinajstić information content (AvgIpc) is 2.48. The van der Waals surface area contributed by atoms with Gasteiger partial charge >= 0.3 is 65.1 Å². The molecule has 0 bridgehead atoms. The second kappa shape index (κ2) is 18.0.